The Morgan fingerprint density at radius 1 is 1.45 bits per heavy atom. The molecular formula is C16H26ClNO2. The van der Waals surface area contributed by atoms with Crippen LogP contribution >= 0.6 is 11.6 Å². The van der Waals surface area contributed by atoms with Gasteiger partial charge in [0, 0.05) is 11.6 Å². The number of allylic oxidation sites excluding steroid dienone is 3. The fraction of sp³-hybridized carbons (Fsp3) is 0.688. The number of ether oxygens (including phenoxy) is 1. The molecule has 1 saturated heterocycles. The van der Waals surface area contributed by atoms with E-state index >= 15 is 0 Å². The molecule has 0 aromatic carbocycles. The van der Waals surface area contributed by atoms with Gasteiger partial charge in [0.1, 0.15) is 0 Å². The average molecular weight is 300 g/mol. The Labute approximate surface area is 127 Å². The van der Waals surface area contributed by atoms with Gasteiger partial charge in [-0.3, -0.25) is 4.79 Å². The van der Waals surface area contributed by atoms with Crippen LogP contribution in [-0.4, -0.2) is 37.1 Å². The molecule has 0 aromatic heterocycles. The Morgan fingerprint density at radius 2 is 2.15 bits per heavy atom. The van der Waals surface area contributed by atoms with Crippen LogP contribution in [0.2, 0.25) is 0 Å². The van der Waals surface area contributed by atoms with Crippen molar-refractivity contribution in [3.8, 4) is 0 Å². The summed E-state index contributed by atoms with van der Waals surface area (Å²) in [6.07, 6.45) is 8.59. The van der Waals surface area contributed by atoms with Gasteiger partial charge in [0.2, 0.25) is 0 Å². The highest BCUT2D eigenvalue weighted by Gasteiger charge is 2.23. The van der Waals surface area contributed by atoms with E-state index in [0.717, 1.165) is 37.5 Å². The SMILES string of the molecule is C=CCC/C(Cl)=C/CC(CN1CCCC1)C(=O)OCC. The summed E-state index contributed by atoms with van der Waals surface area (Å²) < 4.78 is 5.17. The zero-order valence-corrected chi connectivity index (χ0v) is 13.2. The molecule has 20 heavy (non-hydrogen) atoms. The van der Waals surface area contributed by atoms with Gasteiger partial charge in [0.15, 0.2) is 0 Å². The molecule has 4 heteroatoms. The molecular weight excluding hydrogens is 274 g/mol. The summed E-state index contributed by atoms with van der Waals surface area (Å²) in [6, 6.07) is 0. The highest BCUT2D eigenvalue weighted by atomic mass is 35.5. The molecule has 1 aliphatic heterocycles. The van der Waals surface area contributed by atoms with Crippen molar-refractivity contribution in [3.63, 3.8) is 0 Å². The predicted molar refractivity (Wildman–Crippen MR) is 83.8 cm³/mol. The molecule has 0 amide bonds. The first-order chi connectivity index (χ1) is 9.67. The second-order valence-electron chi connectivity index (χ2n) is 5.17. The van der Waals surface area contributed by atoms with Crippen molar-refractivity contribution in [2.45, 2.75) is 39.0 Å². The summed E-state index contributed by atoms with van der Waals surface area (Å²) >= 11 is 6.15. The molecule has 1 rings (SSSR count). The Kier molecular flexibility index (Phi) is 8.63. The van der Waals surface area contributed by atoms with Crippen LogP contribution in [-0.2, 0) is 9.53 Å². The Bertz CT molecular complexity index is 335. The van der Waals surface area contributed by atoms with Gasteiger partial charge < -0.3 is 9.64 Å². The van der Waals surface area contributed by atoms with Crippen molar-refractivity contribution in [3.05, 3.63) is 23.8 Å². The predicted octanol–water partition coefficient (Wildman–Crippen LogP) is 3.74. The number of nitrogens with zero attached hydrogens (tertiary/aromatic N) is 1. The zero-order chi connectivity index (χ0) is 14.8. The molecule has 0 spiro atoms. The average Bonchev–Trinajstić information content (AvgIpc) is 2.94. The van der Waals surface area contributed by atoms with Crippen molar-refractivity contribution in [1.29, 1.82) is 0 Å². The molecule has 1 unspecified atom stereocenters. The van der Waals surface area contributed by atoms with E-state index in [1.807, 2.05) is 19.1 Å². The molecule has 3 nitrogen and oxygen atoms in total. The van der Waals surface area contributed by atoms with Crippen LogP contribution < -0.4 is 0 Å². The van der Waals surface area contributed by atoms with Crippen molar-refractivity contribution < 1.29 is 9.53 Å². The van der Waals surface area contributed by atoms with Crippen LogP contribution in [0.4, 0.5) is 0 Å². The minimum Gasteiger partial charge on any atom is -0.466 e. The lowest BCUT2D eigenvalue weighted by atomic mass is 10.0. The molecule has 1 atom stereocenters. The first-order valence-corrected chi connectivity index (χ1v) is 7.89. The molecule has 0 bridgehead atoms. The maximum atomic E-state index is 12.0. The van der Waals surface area contributed by atoms with E-state index < -0.39 is 0 Å². The van der Waals surface area contributed by atoms with Crippen molar-refractivity contribution in [2.75, 3.05) is 26.2 Å². The van der Waals surface area contributed by atoms with Crippen molar-refractivity contribution >= 4 is 17.6 Å². The topological polar surface area (TPSA) is 29.5 Å². The lowest BCUT2D eigenvalue weighted by Crippen LogP contribution is -2.32. The van der Waals surface area contributed by atoms with Gasteiger partial charge in [-0.15, -0.1) is 6.58 Å². The second kappa shape index (κ2) is 10.0. The molecule has 1 fully saturated rings. The molecule has 0 aromatic rings. The van der Waals surface area contributed by atoms with E-state index in [2.05, 4.69) is 11.5 Å². The monoisotopic (exact) mass is 299 g/mol. The standard InChI is InChI=1S/C16H26ClNO2/c1-3-5-8-15(17)10-9-14(16(19)20-4-2)13-18-11-6-7-12-18/h3,10,14H,1,4-9,11-13H2,2H3/b15-10-. The number of carbonyl (C=O) groups is 1. The largest absolute Gasteiger partial charge is 0.466 e. The number of rotatable bonds is 9. The normalized spacial score (nSPS) is 18.0. The first-order valence-electron chi connectivity index (χ1n) is 7.51. The Morgan fingerprint density at radius 3 is 2.75 bits per heavy atom. The van der Waals surface area contributed by atoms with E-state index in [9.17, 15) is 4.79 Å². The fourth-order valence-electron chi connectivity index (χ4n) is 2.39. The summed E-state index contributed by atoms with van der Waals surface area (Å²) in [5, 5.41) is 0.806. The van der Waals surface area contributed by atoms with Crippen LogP contribution in [0.5, 0.6) is 0 Å². The number of halogens is 1. The number of hydrogen-bond acceptors (Lipinski definition) is 3. The van der Waals surface area contributed by atoms with Crippen LogP contribution in [0.3, 0.4) is 0 Å². The number of hydrogen-bond donors (Lipinski definition) is 0. The smallest absolute Gasteiger partial charge is 0.310 e. The van der Waals surface area contributed by atoms with Gasteiger partial charge in [0.25, 0.3) is 0 Å². The molecule has 0 N–H and O–H groups in total. The number of esters is 1. The zero-order valence-electron chi connectivity index (χ0n) is 12.4. The number of likely N-dealkylation sites (tertiary alicyclic amines) is 1. The summed E-state index contributed by atoms with van der Waals surface area (Å²) in [7, 11) is 0. The molecule has 1 aliphatic rings. The van der Waals surface area contributed by atoms with Gasteiger partial charge in [0.05, 0.1) is 12.5 Å². The lowest BCUT2D eigenvalue weighted by Gasteiger charge is -2.21. The highest BCUT2D eigenvalue weighted by Crippen LogP contribution is 2.18. The third-order valence-corrected chi connectivity index (χ3v) is 3.85. The van der Waals surface area contributed by atoms with E-state index in [1.165, 1.54) is 12.8 Å². The minimum absolute atomic E-state index is 0.106. The van der Waals surface area contributed by atoms with Crippen molar-refractivity contribution in [2.24, 2.45) is 5.92 Å². The molecule has 114 valence electrons. The van der Waals surface area contributed by atoms with Gasteiger partial charge in [-0.25, -0.2) is 0 Å². The summed E-state index contributed by atoms with van der Waals surface area (Å²) in [4.78, 5) is 14.4. The lowest BCUT2D eigenvalue weighted by molar-refractivity contribution is -0.148. The Balaban J connectivity index is 2.52. The molecule has 0 aliphatic carbocycles. The second-order valence-corrected chi connectivity index (χ2v) is 5.66. The third-order valence-electron chi connectivity index (χ3n) is 3.51. The van der Waals surface area contributed by atoms with E-state index in [4.69, 9.17) is 16.3 Å². The molecule has 0 saturated carbocycles. The van der Waals surface area contributed by atoms with Crippen LogP contribution in [0, 0.1) is 5.92 Å². The van der Waals surface area contributed by atoms with Gasteiger partial charge in [-0.05, 0) is 52.1 Å². The maximum Gasteiger partial charge on any atom is 0.310 e. The van der Waals surface area contributed by atoms with Crippen LogP contribution in [0.25, 0.3) is 0 Å². The quantitative estimate of drug-likeness (QED) is 0.480. The van der Waals surface area contributed by atoms with Gasteiger partial charge in [-0.2, -0.15) is 0 Å². The summed E-state index contributed by atoms with van der Waals surface area (Å²) in [5.41, 5.74) is 0. The molecule has 0 radical (unpaired) electrons. The number of carbonyl (C=O) groups excluding carboxylic acids is 1. The third kappa shape index (κ3) is 6.58. The fourth-order valence-corrected chi connectivity index (χ4v) is 2.59. The van der Waals surface area contributed by atoms with E-state index in [0.29, 0.717) is 13.0 Å². The molecule has 1 heterocycles. The first kappa shape index (κ1) is 17.3. The maximum absolute atomic E-state index is 12.0. The minimum atomic E-state index is -0.108. The highest BCUT2D eigenvalue weighted by molar-refractivity contribution is 6.29. The van der Waals surface area contributed by atoms with Crippen LogP contribution in [0.15, 0.2) is 23.8 Å². The van der Waals surface area contributed by atoms with E-state index in [1.54, 1.807) is 0 Å². The van der Waals surface area contributed by atoms with Crippen LogP contribution in [0.1, 0.15) is 39.0 Å². The van der Waals surface area contributed by atoms with Gasteiger partial charge in [-0.1, -0.05) is 23.8 Å². The van der Waals surface area contributed by atoms with Crippen molar-refractivity contribution in [1.82, 2.24) is 4.90 Å². The van der Waals surface area contributed by atoms with Gasteiger partial charge >= 0.3 is 5.97 Å². The summed E-state index contributed by atoms with van der Waals surface area (Å²) in [5.74, 6) is -0.214. The Hall–Kier alpha value is -0.800. The summed E-state index contributed by atoms with van der Waals surface area (Å²) in [6.45, 7) is 8.91. The van der Waals surface area contributed by atoms with E-state index in [-0.39, 0.29) is 11.9 Å².